The molecule has 104 valence electrons. The van der Waals surface area contributed by atoms with E-state index in [9.17, 15) is 8.78 Å². The summed E-state index contributed by atoms with van der Waals surface area (Å²) < 4.78 is 32.2. The molecule has 1 aromatic heterocycles. The van der Waals surface area contributed by atoms with E-state index in [2.05, 4.69) is 10.3 Å². The van der Waals surface area contributed by atoms with Crippen LogP contribution < -0.4 is 10.2 Å². The van der Waals surface area contributed by atoms with E-state index in [1.807, 2.05) is 4.90 Å². The van der Waals surface area contributed by atoms with Crippen molar-refractivity contribution in [1.29, 1.82) is 0 Å². The summed E-state index contributed by atoms with van der Waals surface area (Å²) in [5.41, 5.74) is 0. The minimum atomic E-state index is -0.651. The summed E-state index contributed by atoms with van der Waals surface area (Å²) in [6.45, 7) is 2.40. The topological polar surface area (TPSA) is 37.4 Å². The van der Waals surface area contributed by atoms with Crippen LogP contribution in [0.25, 0.3) is 0 Å². The van der Waals surface area contributed by atoms with Crippen LogP contribution in [0.3, 0.4) is 0 Å². The Morgan fingerprint density at radius 3 is 3.00 bits per heavy atom. The molecule has 19 heavy (non-hydrogen) atoms. The number of morpholine rings is 1. The lowest BCUT2D eigenvalue weighted by atomic mass is 10.2. The number of nitrogens with zero attached hydrogens (tertiary/aromatic N) is 2. The molecule has 0 amide bonds. The molecule has 0 bridgehead atoms. The summed E-state index contributed by atoms with van der Waals surface area (Å²) in [7, 11) is 0. The molecular formula is C13H17F2N3O. The average molecular weight is 269 g/mol. The van der Waals surface area contributed by atoms with Gasteiger partial charge in [-0.25, -0.2) is 13.8 Å². The number of aromatic nitrogens is 1. The van der Waals surface area contributed by atoms with Gasteiger partial charge in [-0.1, -0.05) is 0 Å². The standard InChI is InChI=1S/C13H17F2N3O/c14-9-5-12(15)13(17-6-9)18-3-4-19-8-11(18)7-16-10-1-2-10/h5-6,10-11,16H,1-4,7-8H2. The molecular weight excluding hydrogens is 252 g/mol. The minimum Gasteiger partial charge on any atom is -0.377 e. The molecule has 3 rings (SSSR count). The van der Waals surface area contributed by atoms with Crippen molar-refractivity contribution in [3.63, 3.8) is 0 Å². The zero-order chi connectivity index (χ0) is 13.2. The molecule has 1 N–H and O–H groups in total. The van der Waals surface area contributed by atoms with Crippen molar-refractivity contribution in [2.24, 2.45) is 0 Å². The molecule has 1 aliphatic carbocycles. The second kappa shape index (κ2) is 5.38. The largest absolute Gasteiger partial charge is 0.377 e. The smallest absolute Gasteiger partial charge is 0.168 e. The molecule has 1 unspecified atom stereocenters. The molecule has 1 atom stereocenters. The number of anilines is 1. The predicted molar refractivity (Wildman–Crippen MR) is 67.1 cm³/mol. The highest BCUT2D eigenvalue weighted by Crippen LogP contribution is 2.23. The van der Waals surface area contributed by atoms with Crippen LogP contribution in [-0.2, 0) is 4.74 Å². The van der Waals surface area contributed by atoms with Crippen molar-refractivity contribution >= 4 is 5.82 Å². The molecule has 1 saturated heterocycles. The highest BCUT2D eigenvalue weighted by Gasteiger charge is 2.29. The third-order valence-electron chi connectivity index (χ3n) is 3.51. The van der Waals surface area contributed by atoms with E-state index in [-0.39, 0.29) is 11.9 Å². The second-order valence-corrected chi connectivity index (χ2v) is 5.06. The predicted octanol–water partition coefficient (Wildman–Crippen LogP) is 1.32. The van der Waals surface area contributed by atoms with Crippen LogP contribution in [0.1, 0.15) is 12.8 Å². The molecule has 0 radical (unpaired) electrons. The monoisotopic (exact) mass is 269 g/mol. The molecule has 1 aliphatic heterocycles. The zero-order valence-corrected chi connectivity index (χ0v) is 10.6. The Balaban J connectivity index is 1.74. The molecule has 0 aromatic carbocycles. The highest BCUT2D eigenvalue weighted by atomic mass is 19.1. The Hall–Kier alpha value is -1.27. The summed E-state index contributed by atoms with van der Waals surface area (Å²) >= 11 is 0. The Morgan fingerprint density at radius 2 is 2.26 bits per heavy atom. The van der Waals surface area contributed by atoms with Gasteiger partial charge < -0.3 is 15.0 Å². The van der Waals surface area contributed by atoms with Gasteiger partial charge in [0.05, 0.1) is 25.5 Å². The van der Waals surface area contributed by atoms with Gasteiger partial charge in [-0.3, -0.25) is 0 Å². The van der Waals surface area contributed by atoms with Crippen LogP contribution in [0.15, 0.2) is 12.3 Å². The Bertz CT molecular complexity index is 454. The maximum absolute atomic E-state index is 13.8. The Kier molecular flexibility index (Phi) is 3.61. The fourth-order valence-corrected chi connectivity index (χ4v) is 2.31. The van der Waals surface area contributed by atoms with Gasteiger partial charge in [-0.2, -0.15) is 0 Å². The summed E-state index contributed by atoms with van der Waals surface area (Å²) in [5.74, 6) is -1.05. The van der Waals surface area contributed by atoms with Gasteiger partial charge in [0.15, 0.2) is 11.6 Å². The lowest BCUT2D eigenvalue weighted by Gasteiger charge is -2.36. The quantitative estimate of drug-likeness (QED) is 0.894. The summed E-state index contributed by atoms with van der Waals surface area (Å²) in [4.78, 5) is 5.76. The molecule has 1 aromatic rings. The molecule has 1 saturated carbocycles. The van der Waals surface area contributed by atoms with E-state index >= 15 is 0 Å². The third-order valence-corrected chi connectivity index (χ3v) is 3.51. The van der Waals surface area contributed by atoms with Gasteiger partial charge in [0.25, 0.3) is 0 Å². The summed E-state index contributed by atoms with van der Waals surface area (Å²) in [6.07, 6.45) is 3.47. The van der Waals surface area contributed by atoms with Crippen molar-refractivity contribution in [3.8, 4) is 0 Å². The van der Waals surface area contributed by atoms with Crippen LogP contribution in [0, 0.1) is 11.6 Å². The van der Waals surface area contributed by atoms with Gasteiger partial charge in [0, 0.05) is 25.2 Å². The Morgan fingerprint density at radius 1 is 1.42 bits per heavy atom. The van der Waals surface area contributed by atoms with Crippen LogP contribution in [-0.4, -0.2) is 43.4 Å². The van der Waals surface area contributed by atoms with Gasteiger partial charge in [-0.15, -0.1) is 0 Å². The number of hydrogen-bond acceptors (Lipinski definition) is 4. The Labute approximate surface area is 110 Å². The van der Waals surface area contributed by atoms with Crippen molar-refractivity contribution < 1.29 is 13.5 Å². The fourth-order valence-electron chi connectivity index (χ4n) is 2.31. The van der Waals surface area contributed by atoms with Crippen LogP contribution in [0.5, 0.6) is 0 Å². The van der Waals surface area contributed by atoms with Gasteiger partial charge in [0.2, 0.25) is 0 Å². The first-order valence-corrected chi connectivity index (χ1v) is 6.63. The van der Waals surface area contributed by atoms with E-state index in [1.165, 1.54) is 12.8 Å². The maximum atomic E-state index is 13.8. The van der Waals surface area contributed by atoms with Crippen molar-refractivity contribution in [2.75, 3.05) is 31.2 Å². The summed E-state index contributed by atoms with van der Waals surface area (Å²) in [5, 5.41) is 3.41. The first-order chi connectivity index (χ1) is 9.24. The average Bonchev–Trinajstić information content (AvgIpc) is 3.21. The van der Waals surface area contributed by atoms with Crippen LogP contribution in [0.2, 0.25) is 0 Å². The van der Waals surface area contributed by atoms with E-state index in [0.29, 0.717) is 25.8 Å². The normalized spacial score (nSPS) is 23.7. The number of halogens is 2. The minimum absolute atomic E-state index is 0.0433. The fraction of sp³-hybridized carbons (Fsp3) is 0.615. The van der Waals surface area contributed by atoms with E-state index in [0.717, 1.165) is 18.8 Å². The third kappa shape index (κ3) is 3.01. The lowest BCUT2D eigenvalue weighted by Crippen LogP contribution is -2.51. The number of nitrogens with one attached hydrogen (secondary N) is 1. The highest BCUT2D eigenvalue weighted by molar-refractivity contribution is 5.41. The van der Waals surface area contributed by atoms with Crippen LogP contribution >= 0.6 is 0 Å². The second-order valence-electron chi connectivity index (χ2n) is 5.06. The molecule has 4 nitrogen and oxygen atoms in total. The van der Waals surface area contributed by atoms with Crippen LogP contribution in [0.4, 0.5) is 14.6 Å². The maximum Gasteiger partial charge on any atom is 0.168 e. The molecule has 2 aliphatic rings. The molecule has 2 fully saturated rings. The van der Waals surface area contributed by atoms with Crippen molar-refractivity contribution in [1.82, 2.24) is 10.3 Å². The number of hydrogen-bond donors (Lipinski definition) is 1. The number of rotatable bonds is 4. The van der Waals surface area contributed by atoms with E-state index < -0.39 is 11.6 Å². The zero-order valence-electron chi connectivity index (χ0n) is 10.6. The van der Waals surface area contributed by atoms with E-state index in [4.69, 9.17) is 4.74 Å². The SMILES string of the molecule is Fc1cnc(N2CCOCC2CNC2CC2)c(F)c1. The van der Waals surface area contributed by atoms with E-state index in [1.54, 1.807) is 0 Å². The number of pyridine rings is 1. The molecule has 6 heteroatoms. The molecule has 0 spiro atoms. The summed E-state index contributed by atoms with van der Waals surface area (Å²) in [6, 6.07) is 1.51. The van der Waals surface area contributed by atoms with Crippen molar-refractivity contribution in [3.05, 3.63) is 23.9 Å². The van der Waals surface area contributed by atoms with Gasteiger partial charge in [0.1, 0.15) is 5.82 Å². The number of ether oxygens (including phenoxy) is 1. The first-order valence-electron chi connectivity index (χ1n) is 6.63. The van der Waals surface area contributed by atoms with Crippen molar-refractivity contribution in [2.45, 2.75) is 24.9 Å². The van der Waals surface area contributed by atoms with Gasteiger partial charge >= 0.3 is 0 Å². The van der Waals surface area contributed by atoms with Gasteiger partial charge in [-0.05, 0) is 12.8 Å². The first kappa shape index (κ1) is 12.7. The lowest BCUT2D eigenvalue weighted by molar-refractivity contribution is 0.0928. The molecule has 2 heterocycles.